The number of nitrogens with one attached hydrogen (secondary N) is 1. The number of rotatable bonds is 3. The molecule has 0 saturated heterocycles. The first-order chi connectivity index (χ1) is 13.2. The summed E-state index contributed by atoms with van der Waals surface area (Å²) in [6.45, 7) is 9.23. The molecule has 0 saturated carbocycles. The summed E-state index contributed by atoms with van der Waals surface area (Å²) >= 11 is 0. The molecule has 2 amide bonds. The highest BCUT2D eigenvalue weighted by molar-refractivity contribution is 6.10. The number of carbonyl (C=O) groups is 3. The molecule has 0 unspecified atom stereocenters. The van der Waals surface area contributed by atoms with Gasteiger partial charge in [-0.15, -0.1) is 0 Å². The maximum absolute atomic E-state index is 12.7. The molecule has 0 aliphatic carbocycles. The number of benzene rings is 2. The van der Waals surface area contributed by atoms with Crippen LogP contribution in [0.25, 0.3) is 0 Å². The zero-order valence-electron chi connectivity index (χ0n) is 16.8. The molecule has 28 heavy (non-hydrogen) atoms. The van der Waals surface area contributed by atoms with Crippen LogP contribution in [0, 0.1) is 34.6 Å². The van der Waals surface area contributed by atoms with Gasteiger partial charge >= 0.3 is 5.97 Å². The number of anilines is 2. The smallest absolute Gasteiger partial charge is 0.339 e. The van der Waals surface area contributed by atoms with Crippen LogP contribution in [0.1, 0.15) is 38.2 Å². The molecule has 1 N–H and O–H groups in total. The Balaban J connectivity index is 1.80. The average molecular weight is 380 g/mol. The molecule has 1 heterocycles. The topological polar surface area (TPSA) is 75.7 Å². The van der Waals surface area contributed by atoms with Crippen molar-refractivity contribution in [1.82, 2.24) is 0 Å². The monoisotopic (exact) mass is 380 g/mol. The van der Waals surface area contributed by atoms with Gasteiger partial charge in [0.15, 0.2) is 6.61 Å². The minimum Gasteiger partial charge on any atom is -0.452 e. The van der Waals surface area contributed by atoms with Crippen LogP contribution < -0.4 is 10.2 Å². The predicted octanol–water partition coefficient (Wildman–Crippen LogP) is 3.37. The van der Waals surface area contributed by atoms with E-state index >= 15 is 0 Å². The quantitative estimate of drug-likeness (QED) is 0.829. The zero-order chi connectivity index (χ0) is 20.6. The third kappa shape index (κ3) is 3.38. The van der Waals surface area contributed by atoms with Crippen molar-refractivity contribution in [3.8, 4) is 0 Å². The zero-order valence-corrected chi connectivity index (χ0v) is 16.8. The second kappa shape index (κ2) is 7.46. The van der Waals surface area contributed by atoms with Crippen LogP contribution in [0.15, 0.2) is 24.3 Å². The van der Waals surface area contributed by atoms with Gasteiger partial charge in [-0.3, -0.25) is 14.5 Å². The Morgan fingerprint density at radius 2 is 1.54 bits per heavy atom. The van der Waals surface area contributed by atoms with Gasteiger partial charge in [0.1, 0.15) is 6.54 Å². The van der Waals surface area contributed by atoms with Crippen LogP contribution in [-0.4, -0.2) is 30.9 Å². The third-order valence-corrected chi connectivity index (χ3v) is 5.60. The summed E-state index contributed by atoms with van der Waals surface area (Å²) < 4.78 is 5.34. The first-order valence-electron chi connectivity index (χ1n) is 9.15. The van der Waals surface area contributed by atoms with E-state index in [1.807, 2.05) is 34.6 Å². The standard InChI is InChI=1S/C22H24N2O4/c1-12-13(2)15(4)21(16(5)14(12)3)22(27)28-11-20(26)24-10-19(25)23-17-8-6-7-9-18(17)24/h6-9H,10-11H2,1-5H3,(H,23,25). The van der Waals surface area contributed by atoms with Crippen molar-refractivity contribution in [2.24, 2.45) is 0 Å². The maximum Gasteiger partial charge on any atom is 0.339 e. The molecule has 6 heteroatoms. The molecule has 0 fully saturated rings. The van der Waals surface area contributed by atoms with Gasteiger partial charge < -0.3 is 10.1 Å². The number of carbonyl (C=O) groups excluding carboxylic acids is 3. The van der Waals surface area contributed by atoms with Gasteiger partial charge in [-0.25, -0.2) is 4.79 Å². The van der Waals surface area contributed by atoms with Gasteiger partial charge in [0, 0.05) is 0 Å². The fraction of sp³-hybridized carbons (Fsp3) is 0.318. The molecule has 2 aromatic carbocycles. The molecule has 0 bridgehead atoms. The Hall–Kier alpha value is -3.15. The van der Waals surface area contributed by atoms with E-state index in [0.717, 1.165) is 27.8 Å². The van der Waals surface area contributed by atoms with Gasteiger partial charge in [-0.05, 0) is 74.6 Å². The summed E-state index contributed by atoms with van der Waals surface area (Å²) in [7, 11) is 0. The Bertz CT molecular complexity index is 965. The van der Waals surface area contributed by atoms with E-state index in [1.54, 1.807) is 24.3 Å². The van der Waals surface area contributed by atoms with E-state index in [0.29, 0.717) is 16.9 Å². The Morgan fingerprint density at radius 1 is 0.964 bits per heavy atom. The van der Waals surface area contributed by atoms with Crippen molar-refractivity contribution in [2.75, 3.05) is 23.4 Å². The molecule has 0 aromatic heterocycles. The fourth-order valence-electron chi connectivity index (χ4n) is 3.54. The second-order valence-electron chi connectivity index (χ2n) is 7.12. The molecule has 3 rings (SSSR count). The Labute approximate surface area is 164 Å². The first kappa shape index (κ1) is 19.6. The number of hydrogen-bond donors (Lipinski definition) is 1. The molecule has 0 radical (unpaired) electrons. The molecule has 1 aliphatic rings. The number of hydrogen-bond acceptors (Lipinski definition) is 4. The molecule has 146 valence electrons. The summed E-state index contributed by atoms with van der Waals surface area (Å²) in [5.41, 5.74) is 6.63. The predicted molar refractivity (Wildman–Crippen MR) is 108 cm³/mol. The highest BCUT2D eigenvalue weighted by Gasteiger charge is 2.28. The highest BCUT2D eigenvalue weighted by Crippen LogP contribution is 2.29. The van der Waals surface area contributed by atoms with E-state index in [2.05, 4.69) is 5.32 Å². The van der Waals surface area contributed by atoms with Crippen LogP contribution in [0.5, 0.6) is 0 Å². The third-order valence-electron chi connectivity index (χ3n) is 5.60. The largest absolute Gasteiger partial charge is 0.452 e. The van der Waals surface area contributed by atoms with Crippen molar-refractivity contribution in [3.63, 3.8) is 0 Å². The van der Waals surface area contributed by atoms with Gasteiger partial charge in [0.05, 0.1) is 16.9 Å². The lowest BCUT2D eigenvalue weighted by Crippen LogP contribution is -2.44. The van der Waals surface area contributed by atoms with Crippen LogP contribution in [0.3, 0.4) is 0 Å². The van der Waals surface area contributed by atoms with Crippen molar-refractivity contribution in [3.05, 3.63) is 57.6 Å². The van der Waals surface area contributed by atoms with E-state index in [9.17, 15) is 14.4 Å². The Kier molecular flexibility index (Phi) is 5.23. The van der Waals surface area contributed by atoms with E-state index in [4.69, 9.17) is 4.74 Å². The summed E-state index contributed by atoms with van der Waals surface area (Å²) in [6, 6.07) is 7.03. The highest BCUT2D eigenvalue weighted by atomic mass is 16.5. The molecule has 1 aliphatic heterocycles. The molecule has 2 aromatic rings. The van der Waals surface area contributed by atoms with Gasteiger partial charge in [-0.2, -0.15) is 0 Å². The number of esters is 1. The van der Waals surface area contributed by atoms with Gasteiger partial charge in [0.25, 0.3) is 5.91 Å². The molecule has 6 nitrogen and oxygen atoms in total. The van der Waals surface area contributed by atoms with Crippen molar-refractivity contribution in [1.29, 1.82) is 0 Å². The van der Waals surface area contributed by atoms with Crippen molar-refractivity contribution < 1.29 is 19.1 Å². The lowest BCUT2D eigenvalue weighted by atomic mass is 9.90. The van der Waals surface area contributed by atoms with Crippen molar-refractivity contribution in [2.45, 2.75) is 34.6 Å². The van der Waals surface area contributed by atoms with Crippen LogP contribution >= 0.6 is 0 Å². The molecular formula is C22H24N2O4. The minimum atomic E-state index is -0.524. The van der Waals surface area contributed by atoms with E-state index < -0.39 is 18.5 Å². The van der Waals surface area contributed by atoms with E-state index in [1.165, 1.54) is 4.90 Å². The minimum absolute atomic E-state index is 0.103. The summed E-state index contributed by atoms with van der Waals surface area (Å²) in [5.74, 6) is -1.24. The van der Waals surface area contributed by atoms with Crippen LogP contribution in [-0.2, 0) is 14.3 Å². The second-order valence-corrected chi connectivity index (χ2v) is 7.12. The van der Waals surface area contributed by atoms with Gasteiger partial charge in [-0.1, -0.05) is 12.1 Å². The van der Waals surface area contributed by atoms with Crippen LogP contribution in [0.4, 0.5) is 11.4 Å². The van der Waals surface area contributed by atoms with Crippen molar-refractivity contribution >= 4 is 29.2 Å². The maximum atomic E-state index is 12.7. The first-order valence-corrected chi connectivity index (χ1v) is 9.15. The normalized spacial score (nSPS) is 13.0. The molecule has 0 spiro atoms. The van der Waals surface area contributed by atoms with E-state index in [-0.39, 0.29) is 12.5 Å². The number of nitrogens with zero attached hydrogens (tertiary/aromatic N) is 1. The summed E-state index contributed by atoms with van der Waals surface area (Å²) in [4.78, 5) is 38.6. The number of ether oxygens (including phenoxy) is 1. The lowest BCUT2D eigenvalue weighted by Gasteiger charge is -2.29. The van der Waals surface area contributed by atoms with Crippen LogP contribution in [0.2, 0.25) is 0 Å². The fourth-order valence-corrected chi connectivity index (χ4v) is 3.54. The number of fused-ring (bicyclic) bond motifs is 1. The Morgan fingerprint density at radius 3 is 2.18 bits per heavy atom. The summed E-state index contributed by atoms with van der Waals surface area (Å²) in [5, 5.41) is 2.73. The SMILES string of the molecule is Cc1c(C)c(C)c(C(=O)OCC(=O)N2CC(=O)Nc3ccccc32)c(C)c1C. The average Bonchev–Trinajstić information content (AvgIpc) is 2.68. The number of para-hydroxylation sites is 2. The lowest BCUT2D eigenvalue weighted by molar-refractivity contribution is -0.124. The number of amides is 2. The molecular weight excluding hydrogens is 356 g/mol. The van der Waals surface area contributed by atoms with Gasteiger partial charge in [0.2, 0.25) is 5.91 Å². The summed E-state index contributed by atoms with van der Waals surface area (Å²) in [6.07, 6.45) is 0. The molecule has 0 atom stereocenters.